The van der Waals surface area contributed by atoms with Crippen molar-refractivity contribution in [2.75, 3.05) is 28.7 Å². The fourth-order valence-electron chi connectivity index (χ4n) is 8.54. The van der Waals surface area contributed by atoms with E-state index in [4.69, 9.17) is 4.98 Å². The molecule has 1 saturated heterocycles. The van der Waals surface area contributed by atoms with Crippen LogP contribution in [0.2, 0.25) is 0 Å². The van der Waals surface area contributed by atoms with Gasteiger partial charge in [0.15, 0.2) is 5.82 Å². The summed E-state index contributed by atoms with van der Waals surface area (Å²) in [4.78, 5) is 91.2. The van der Waals surface area contributed by atoms with Gasteiger partial charge in [0.25, 0.3) is 23.6 Å². The molecule has 1 aromatic heterocycles. The average molecular weight is 783 g/mol. The van der Waals surface area contributed by atoms with Crippen molar-refractivity contribution in [2.45, 2.75) is 89.1 Å². The number of unbranched alkanes of at least 4 members (excludes halogenated alkanes) is 4. The molecule has 14 nitrogen and oxygen atoms in total. The van der Waals surface area contributed by atoms with Crippen LogP contribution in [0.1, 0.15) is 118 Å². The molecule has 6 amide bonds. The molecule has 1 unspecified atom stereocenters. The van der Waals surface area contributed by atoms with Crippen LogP contribution in [0, 0.1) is 0 Å². The van der Waals surface area contributed by atoms with Crippen LogP contribution in [0.3, 0.4) is 0 Å². The Hall–Kier alpha value is -6.44. The Labute approximate surface area is 336 Å². The summed E-state index contributed by atoms with van der Waals surface area (Å²) in [6, 6.07) is 19.3. The number of nitrogens with zero attached hydrogens (tertiary/aromatic N) is 5. The summed E-state index contributed by atoms with van der Waals surface area (Å²) < 4.78 is 0. The normalized spacial score (nSPS) is 17.8. The molecule has 0 radical (unpaired) electrons. The first-order valence-electron chi connectivity index (χ1n) is 20.2. The number of hydrogen-bond acceptors (Lipinski definition) is 10. The minimum Gasteiger partial charge on any atom is -0.352 e. The largest absolute Gasteiger partial charge is 0.352 e. The molecule has 4 heterocycles. The number of rotatable bonds is 13. The molecule has 0 bridgehead atoms. The second kappa shape index (κ2) is 16.6. The van der Waals surface area contributed by atoms with E-state index in [0.29, 0.717) is 52.7 Å². The van der Waals surface area contributed by atoms with Crippen LogP contribution in [0.5, 0.6) is 0 Å². The zero-order valence-corrected chi connectivity index (χ0v) is 32.5. The summed E-state index contributed by atoms with van der Waals surface area (Å²) >= 11 is 0. The Kier molecular flexibility index (Phi) is 11.0. The van der Waals surface area contributed by atoms with Gasteiger partial charge in [0.2, 0.25) is 17.8 Å². The molecular weight excluding hydrogens is 737 g/mol. The minimum atomic E-state index is -0.981. The lowest BCUT2D eigenvalue weighted by atomic mass is 9.97. The van der Waals surface area contributed by atoms with E-state index in [-0.39, 0.29) is 30.7 Å². The number of anilines is 5. The molecule has 1 aliphatic carbocycles. The second-order valence-electron chi connectivity index (χ2n) is 15.4. The summed E-state index contributed by atoms with van der Waals surface area (Å²) in [5, 5.41) is 8.52. The average Bonchev–Trinajstić information content (AvgIpc) is 3.83. The minimum absolute atomic E-state index is 0.0826. The van der Waals surface area contributed by atoms with Gasteiger partial charge in [0.1, 0.15) is 11.7 Å². The van der Waals surface area contributed by atoms with Crippen molar-refractivity contribution in [3.05, 3.63) is 101 Å². The van der Waals surface area contributed by atoms with Gasteiger partial charge in [-0.2, -0.15) is 4.98 Å². The Balaban J connectivity index is 0.800. The van der Waals surface area contributed by atoms with Gasteiger partial charge in [0, 0.05) is 37.3 Å². The van der Waals surface area contributed by atoms with Crippen molar-refractivity contribution in [1.29, 1.82) is 0 Å². The first kappa shape index (κ1) is 38.4. The number of hydrogen-bond donors (Lipinski definition) is 3. The van der Waals surface area contributed by atoms with E-state index in [9.17, 15) is 28.8 Å². The van der Waals surface area contributed by atoms with Gasteiger partial charge in [-0.15, -0.1) is 0 Å². The van der Waals surface area contributed by atoms with Gasteiger partial charge < -0.3 is 20.4 Å². The summed E-state index contributed by atoms with van der Waals surface area (Å²) in [6.07, 6.45) is 11.2. The lowest BCUT2D eigenvalue weighted by molar-refractivity contribution is -0.136. The first-order chi connectivity index (χ1) is 28.2. The monoisotopic (exact) mass is 782 g/mol. The van der Waals surface area contributed by atoms with Crippen molar-refractivity contribution in [3.8, 4) is 0 Å². The summed E-state index contributed by atoms with van der Waals surface area (Å²) in [5.74, 6) is -1.16. The maximum Gasteiger partial charge on any atom is 0.262 e. The third-order valence-electron chi connectivity index (χ3n) is 11.6. The SMILES string of the molecule is CN1C(=O)c2ccccc2N(C2CCCC2)c2nc(Nc3ccc(C(=O)NCCCCCCCc4cccc5c4C(=O)N(C4CCC(=O)NC4=O)C5=O)cc3)ncc21. The smallest absolute Gasteiger partial charge is 0.262 e. The summed E-state index contributed by atoms with van der Waals surface area (Å²) in [5.41, 5.74) is 4.86. The molecule has 4 aromatic rings. The van der Waals surface area contributed by atoms with Gasteiger partial charge in [-0.05, 0) is 86.6 Å². The summed E-state index contributed by atoms with van der Waals surface area (Å²) in [7, 11) is 1.76. The Morgan fingerprint density at radius 3 is 2.31 bits per heavy atom. The van der Waals surface area contributed by atoms with E-state index in [1.165, 1.54) is 0 Å². The van der Waals surface area contributed by atoms with Crippen molar-refractivity contribution in [3.63, 3.8) is 0 Å². The number of para-hydroxylation sites is 1. The van der Waals surface area contributed by atoms with E-state index in [0.717, 1.165) is 79.6 Å². The third kappa shape index (κ3) is 7.53. The molecule has 14 heteroatoms. The maximum absolute atomic E-state index is 13.5. The van der Waals surface area contributed by atoms with Gasteiger partial charge in [0.05, 0.1) is 28.6 Å². The van der Waals surface area contributed by atoms with Crippen molar-refractivity contribution in [1.82, 2.24) is 25.5 Å². The highest BCUT2D eigenvalue weighted by molar-refractivity contribution is 6.24. The number of amides is 6. The van der Waals surface area contributed by atoms with Crippen molar-refractivity contribution in [2.24, 2.45) is 0 Å². The molecule has 8 rings (SSSR count). The van der Waals surface area contributed by atoms with Crippen LogP contribution in [-0.4, -0.2) is 76.0 Å². The van der Waals surface area contributed by atoms with Gasteiger partial charge in [-0.3, -0.25) is 39.0 Å². The van der Waals surface area contributed by atoms with E-state index in [1.54, 1.807) is 42.4 Å². The maximum atomic E-state index is 13.5. The molecule has 58 heavy (non-hydrogen) atoms. The first-order valence-corrected chi connectivity index (χ1v) is 20.2. The highest BCUT2D eigenvalue weighted by Crippen LogP contribution is 2.43. The van der Waals surface area contributed by atoms with Crippen LogP contribution in [0.25, 0.3) is 0 Å². The molecule has 2 fully saturated rings. The van der Waals surface area contributed by atoms with E-state index >= 15 is 0 Å². The number of fused-ring (bicyclic) bond motifs is 3. The van der Waals surface area contributed by atoms with Crippen LogP contribution in [0.15, 0.2) is 72.9 Å². The van der Waals surface area contributed by atoms with Crippen LogP contribution in [-0.2, 0) is 16.0 Å². The molecule has 3 aliphatic heterocycles. The molecular formula is C44H46N8O6. The number of carbonyl (C=O) groups excluding carboxylic acids is 6. The number of aryl methyl sites for hydroxylation is 1. The molecule has 0 spiro atoms. The topological polar surface area (TPSA) is 174 Å². The quantitative estimate of drug-likeness (QED) is 0.104. The van der Waals surface area contributed by atoms with Crippen LogP contribution >= 0.6 is 0 Å². The molecule has 4 aliphatic rings. The molecule has 298 valence electrons. The highest BCUT2D eigenvalue weighted by Gasteiger charge is 2.45. The van der Waals surface area contributed by atoms with Crippen molar-refractivity contribution < 1.29 is 28.8 Å². The summed E-state index contributed by atoms with van der Waals surface area (Å²) in [6.45, 7) is 0.540. The Morgan fingerprint density at radius 2 is 1.52 bits per heavy atom. The van der Waals surface area contributed by atoms with Gasteiger partial charge >= 0.3 is 0 Å². The third-order valence-corrected chi connectivity index (χ3v) is 11.6. The molecule has 3 aromatic carbocycles. The highest BCUT2D eigenvalue weighted by atomic mass is 16.2. The van der Waals surface area contributed by atoms with Crippen LogP contribution in [0.4, 0.5) is 28.8 Å². The Bertz CT molecular complexity index is 2290. The lowest BCUT2D eigenvalue weighted by Crippen LogP contribution is -2.54. The lowest BCUT2D eigenvalue weighted by Gasteiger charge is -2.31. The van der Waals surface area contributed by atoms with Gasteiger partial charge in [-0.25, -0.2) is 4.98 Å². The number of piperidine rings is 1. The van der Waals surface area contributed by atoms with E-state index in [1.807, 2.05) is 42.5 Å². The Morgan fingerprint density at radius 1 is 0.776 bits per heavy atom. The standard InChI is InChI=1S/C44H46N8O6/c1-50-35-26-46-44(49-38(35)51(30-14-6-7-15-30)33-18-9-8-16-31(33)41(50)56)47-29-21-19-28(20-22-29)39(54)45-25-10-4-2-3-5-12-27-13-11-17-32-37(27)43(58)52(42(32)57)34-23-24-36(53)48-40(34)55/h8-9,11,13,16-22,26,30,34H,2-7,10,12,14-15,23-25H2,1H3,(H,45,54)(H,46,47,49)(H,48,53,55). The molecule has 1 atom stereocenters. The predicted molar refractivity (Wildman–Crippen MR) is 218 cm³/mol. The van der Waals surface area contributed by atoms with Crippen molar-refractivity contribution >= 4 is 64.3 Å². The van der Waals surface area contributed by atoms with Crippen LogP contribution < -0.4 is 25.8 Å². The van der Waals surface area contributed by atoms with E-state index in [2.05, 4.69) is 25.8 Å². The fraction of sp³-hybridized carbons (Fsp3) is 0.364. The number of benzene rings is 3. The van der Waals surface area contributed by atoms with E-state index < -0.39 is 29.7 Å². The fourth-order valence-corrected chi connectivity index (χ4v) is 8.54. The zero-order chi connectivity index (χ0) is 40.3. The molecule has 3 N–H and O–H groups in total. The number of imide groups is 2. The number of aromatic nitrogens is 2. The van der Waals surface area contributed by atoms with Gasteiger partial charge in [-0.1, -0.05) is 56.4 Å². The number of nitrogens with one attached hydrogen (secondary N) is 3. The predicted octanol–water partition coefficient (Wildman–Crippen LogP) is 6.22. The second-order valence-corrected chi connectivity index (χ2v) is 15.4. The molecule has 1 saturated carbocycles. The zero-order valence-electron chi connectivity index (χ0n) is 32.5. The number of carbonyl (C=O) groups is 6.